The molecule has 2 amide bonds. The van der Waals surface area contributed by atoms with Crippen molar-refractivity contribution in [2.45, 2.75) is 57.8 Å². The topological polar surface area (TPSA) is 86.5 Å². The van der Waals surface area contributed by atoms with E-state index in [4.69, 9.17) is 11.3 Å². The number of hydrogen-bond donors (Lipinski definition) is 2. The number of carbonyl (C=O) groups excluding carboxylic acids is 2. The quantitative estimate of drug-likeness (QED) is 0.319. The summed E-state index contributed by atoms with van der Waals surface area (Å²) in [6.07, 6.45) is 0.928. The Morgan fingerprint density at radius 2 is 1.79 bits per heavy atom. The molecule has 2 fully saturated rings. The predicted molar refractivity (Wildman–Crippen MR) is 163 cm³/mol. The number of alkyl carbamates (subject to hydrolysis) is 1. The third kappa shape index (κ3) is 6.98. The number of likely N-dealkylation sites (tertiary alicyclic amines) is 1. The summed E-state index contributed by atoms with van der Waals surface area (Å²) < 4.78 is 35.4. The summed E-state index contributed by atoms with van der Waals surface area (Å²) in [5, 5.41) is 12.8. The standard InChI is InChI=1S/C32H34F2N4O4S/c1-32(2,3)42-31(41)36-21-6-5-12-38(17-21)30(40)28-16-23(19-7-9-26(35-4)24(33)14-19)29(43-28)20-8-10-27(25(34)15-20)37-13-11-22(39)18-37/h7-10,14-16,21-22,39H,5-6,11-13,17-18H2,1-3H3,(H,36,41)/t21-,22+/m1/s1. The molecule has 43 heavy (non-hydrogen) atoms. The molecule has 3 aromatic rings. The van der Waals surface area contributed by atoms with Crippen LogP contribution in [0.5, 0.6) is 0 Å². The molecule has 226 valence electrons. The first-order chi connectivity index (χ1) is 20.4. The summed E-state index contributed by atoms with van der Waals surface area (Å²) in [4.78, 5) is 33.7. The van der Waals surface area contributed by atoms with Crippen LogP contribution in [0, 0.1) is 18.2 Å². The maximum atomic E-state index is 15.4. The van der Waals surface area contributed by atoms with Crippen molar-refractivity contribution in [3.63, 3.8) is 0 Å². The highest BCUT2D eigenvalue weighted by Gasteiger charge is 2.30. The van der Waals surface area contributed by atoms with Crippen LogP contribution in [0.2, 0.25) is 0 Å². The molecule has 2 aromatic carbocycles. The van der Waals surface area contributed by atoms with Crippen molar-refractivity contribution in [1.82, 2.24) is 10.2 Å². The second-order valence-electron chi connectivity index (χ2n) is 11.9. The van der Waals surface area contributed by atoms with Gasteiger partial charge in [0.15, 0.2) is 0 Å². The van der Waals surface area contributed by atoms with Gasteiger partial charge in [-0.3, -0.25) is 4.79 Å². The van der Waals surface area contributed by atoms with Gasteiger partial charge in [-0.25, -0.2) is 18.4 Å². The molecule has 2 atom stereocenters. The number of thiophene rings is 1. The van der Waals surface area contributed by atoms with Crippen LogP contribution in [0.15, 0.2) is 42.5 Å². The van der Waals surface area contributed by atoms with Crippen molar-refractivity contribution >= 4 is 34.7 Å². The van der Waals surface area contributed by atoms with E-state index in [0.29, 0.717) is 77.6 Å². The van der Waals surface area contributed by atoms with Gasteiger partial charge in [0.25, 0.3) is 5.91 Å². The smallest absolute Gasteiger partial charge is 0.407 e. The van der Waals surface area contributed by atoms with Gasteiger partial charge in [0, 0.05) is 42.7 Å². The number of aliphatic hydroxyl groups excluding tert-OH is 1. The highest BCUT2D eigenvalue weighted by molar-refractivity contribution is 7.18. The number of carbonyl (C=O) groups is 2. The molecule has 0 bridgehead atoms. The normalized spacial score (nSPS) is 18.8. The third-order valence-corrected chi connectivity index (χ3v) is 8.64. The summed E-state index contributed by atoms with van der Waals surface area (Å²) in [5.74, 6) is -1.38. The highest BCUT2D eigenvalue weighted by Crippen LogP contribution is 2.42. The fourth-order valence-electron chi connectivity index (χ4n) is 5.47. The average Bonchev–Trinajstić information content (AvgIpc) is 3.58. The second-order valence-corrected chi connectivity index (χ2v) is 13.0. The minimum absolute atomic E-state index is 0.114. The molecule has 2 aliphatic heterocycles. The van der Waals surface area contributed by atoms with Crippen molar-refractivity contribution in [2.24, 2.45) is 0 Å². The number of nitrogens with one attached hydrogen (secondary N) is 1. The zero-order chi connectivity index (χ0) is 30.9. The molecule has 2 aliphatic rings. The zero-order valence-corrected chi connectivity index (χ0v) is 25.1. The Balaban J connectivity index is 1.45. The van der Waals surface area contributed by atoms with Crippen molar-refractivity contribution in [2.75, 3.05) is 31.1 Å². The van der Waals surface area contributed by atoms with Gasteiger partial charge in [-0.1, -0.05) is 18.2 Å². The molecule has 2 saturated heterocycles. The molecule has 8 nitrogen and oxygen atoms in total. The molecule has 0 spiro atoms. The van der Waals surface area contributed by atoms with Crippen LogP contribution in [0.3, 0.4) is 0 Å². The Kier molecular flexibility index (Phi) is 8.71. The number of benzene rings is 2. The number of anilines is 1. The number of β-amino-alcohol motifs (C(OH)–C–C–N with tert-alkyl or cyclic N) is 1. The van der Waals surface area contributed by atoms with Crippen molar-refractivity contribution < 1.29 is 28.2 Å². The largest absolute Gasteiger partial charge is 0.444 e. The fourth-order valence-corrected chi connectivity index (χ4v) is 6.61. The average molecular weight is 609 g/mol. The summed E-state index contributed by atoms with van der Waals surface area (Å²) >= 11 is 1.19. The molecule has 0 unspecified atom stereocenters. The van der Waals surface area contributed by atoms with E-state index in [0.717, 1.165) is 0 Å². The van der Waals surface area contributed by atoms with Crippen LogP contribution in [0.1, 0.15) is 49.7 Å². The van der Waals surface area contributed by atoms with E-state index < -0.39 is 29.4 Å². The van der Waals surface area contributed by atoms with Crippen molar-refractivity contribution in [1.29, 1.82) is 0 Å². The molecular weight excluding hydrogens is 574 g/mol. The van der Waals surface area contributed by atoms with Crippen LogP contribution in [0.25, 0.3) is 26.4 Å². The number of amides is 2. The maximum Gasteiger partial charge on any atom is 0.407 e. The van der Waals surface area contributed by atoms with Crippen LogP contribution in [0.4, 0.5) is 25.0 Å². The number of nitrogens with zero attached hydrogens (tertiary/aromatic N) is 3. The summed E-state index contributed by atoms with van der Waals surface area (Å²) in [6, 6.07) is 10.5. The SMILES string of the molecule is [C-]#[N+]c1ccc(-c2cc(C(=O)N3CCC[C@@H](NC(=O)OC(C)(C)C)C3)sc2-c2ccc(N3CC[C@H](O)C3)c(F)c2)cc1F. The van der Waals surface area contributed by atoms with Gasteiger partial charge in [0.2, 0.25) is 5.69 Å². The Morgan fingerprint density at radius 1 is 1.05 bits per heavy atom. The van der Waals surface area contributed by atoms with Gasteiger partial charge in [-0.2, -0.15) is 0 Å². The fraction of sp³-hybridized carbons (Fsp3) is 0.406. The first-order valence-electron chi connectivity index (χ1n) is 14.2. The van der Waals surface area contributed by atoms with Crippen molar-refractivity contribution in [3.8, 4) is 21.6 Å². The van der Waals surface area contributed by atoms with E-state index in [1.165, 1.54) is 29.5 Å². The van der Waals surface area contributed by atoms with Gasteiger partial charge in [0.05, 0.1) is 23.2 Å². The molecular formula is C32H34F2N4O4S. The van der Waals surface area contributed by atoms with Crippen LogP contribution in [-0.4, -0.2) is 65.9 Å². The van der Waals surface area contributed by atoms with Crippen LogP contribution >= 0.6 is 11.3 Å². The van der Waals surface area contributed by atoms with E-state index in [2.05, 4.69) is 10.2 Å². The van der Waals surface area contributed by atoms with Crippen molar-refractivity contribution in [3.05, 3.63) is 70.4 Å². The lowest BCUT2D eigenvalue weighted by atomic mass is 10.0. The van der Waals surface area contributed by atoms with Gasteiger partial charge in [-0.15, -0.1) is 11.3 Å². The van der Waals surface area contributed by atoms with Gasteiger partial charge < -0.3 is 25.0 Å². The molecule has 11 heteroatoms. The Hall–Kier alpha value is -4.01. The highest BCUT2D eigenvalue weighted by atomic mass is 32.1. The third-order valence-electron chi connectivity index (χ3n) is 7.47. The molecule has 0 aliphatic carbocycles. The monoisotopic (exact) mass is 608 g/mol. The predicted octanol–water partition coefficient (Wildman–Crippen LogP) is 6.61. The number of piperidine rings is 1. The second kappa shape index (κ2) is 12.3. The number of halogens is 2. The first-order valence-corrected chi connectivity index (χ1v) is 15.1. The first kappa shape index (κ1) is 30.4. The number of aliphatic hydroxyl groups is 1. The Bertz CT molecular complexity index is 1580. The van der Waals surface area contributed by atoms with Gasteiger partial charge in [-0.05, 0) is 75.4 Å². The molecule has 3 heterocycles. The van der Waals surface area contributed by atoms with Gasteiger partial charge in [0.1, 0.15) is 17.2 Å². The van der Waals surface area contributed by atoms with E-state index in [-0.39, 0.29) is 17.6 Å². The van der Waals surface area contributed by atoms with E-state index in [9.17, 15) is 19.1 Å². The number of ether oxygens (including phenoxy) is 1. The van der Waals surface area contributed by atoms with Crippen LogP contribution < -0.4 is 10.2 Å². The molecule has 0 radical (unpaired) electrons. The molecule has 0 saturated carbocycles. The lowest BCUT2D eigenvalue weighted by molar-refractivity contribution is 0.0453. The number of rotatable bonds is 5. The lowest BCUT2D eigenvalue weighted by Crippen LogP contribution is -2.50. The minimum atomic E-state index is -0.682. The Morgan fingerprint density at radius 3 is 2.44 bits per heavy atom. The maximum absolute atomic E-state index is 15.4. The van der Waals surface area contributed by atoms with E-state index in [1.54, 1.807) is 54.8 Å². The van der Waals surface area contributed by atoms with E-state index in [1.807, 2.05) is 0 Å². The zero-order valence-electron chi connectivity index (χ0n) is 24.3. The van der Waals surface area contributed by atoms with Crippen LogP contribution in [-0.2, 0) is 4.74 Å². The Labute approximate surface area is 253 Å². The van der Waals surface area contributed by atoms with E-state index >= 15 is 4.39 Å². The van der Waals surface area contributed by atoms with Gasteiger partial charge >= 0.3 is 6.09 Å². The molecule has 2 N–H and O–H groups in total. The lowest BCUT2D eigenvalue weighted by Gasteiger charge is -2.33. The summed E-state index contributed by atoms with van der Waals surface area (Å²) in [5.41, 5.74) is 1.17. The number of hydrogen-bond acceptors (Lipinski definition) is 6. The summed E-state index contributed by atoms with van der Waals surface area (Å²) in [7, 11) is 0. The molecule has 1 aromatic heterocycles. The summed E-state index contributed by atoms with van der Waals surface area (Å²) in [6.45, 7) is 14.2. The minimum Gasteiger partial charge on any atom is -0.444 e. The molecule has 5 rings (SSSR count).